The fourth-order valence-electron chi connectivity index (χ4n) is 2.45. The van der Waals surface area contributed by atoms with Gasteiger partial charge >= 0.3 is 0 Å². The predicted octanol–water partition coefficient (Wildman–Crippen LogP) is 2.04. The van der Waals surface area contributed by atoms with E-state index in [2.05, 4.69) is 0 Å². The molecule has 1 aromatic carbocycles. The van der Waals surface area contributed by atoms with E-state index in [1.807, 2.05) is 11.0 Å². The Hall–Kier alpha value is -1.36. The molecule has 20 heavy (non-hydrogen) atoms. The van der Waals surface area contributed by atoms with Gasteiger partial charge in [-0.05, 0) is 37.0 Å². The molecular formula is C15H21NO3S. The molecule has 2 rings (SSSR count). The molecule has 1 amide bonds. The van der Waals surface area contributed by atoms with Gasteiger partial charge in [-0.2, -0.15) is 0 Å². The summed E-state index contributed by atoms with van der Waals surface area (Å²) in [7, 11) is -3.21. The lowest BCUT2D eigenvalue weighted by molar-refractivity contribution is -0.131. The van der Waals surface area contributed by atoms with Crippen LogP contribution in [0.2, 0.25) is 0 Å². The molecule has 0 N–H and O–H groups in total. The molecular weight excluding hydrogens is 274 g/mol. The van der Waals surface area contributed by atoms with E-state index in [0.29, 0.717) is 4.90 Å². The molecule has 0 aliphatic carbocycles. The molecule has 0 spiro atoms. The highest BCUT2D eigenvalue weighted by atomic mass is 32.2. The van der Waals surface area contributed by atoms with E-state index in [4.69, 9.17) is 0 Å². The minimum absolute atomic E-state index is 0.0799. The van der Waals surface area contributed by atoms with E-state index < -0.39 is 9.84 Å². The number of hydrogen-bond acceptors (Lipinski definition) is 3. The lowest BCUT2D eigenvalue weighted by Gasteiger charge is -2.26. The summed E-state index contributed by atoms with van der Waals surface area (Å²) in [6.07, 6.45) is 3.60. The number of rotatable bonds is 4. The van der Waals surface area contributed by atoms with Gasteiger partial charge in [-0.25, -0.2) is 8.42 Å². The van der Waals surface area contributed by atoms with E-state index in [1.165, 1.54) is 6.42 Å². The molecule has 1 heterocycles. The Morgan fingerprint density at radius 1 is 1.20 bits per heavy atom. The number of benzene rings is 1. The highest BCUT2D eigenvalue weighted by molar-refractivity contribution is 7.91. The first kappa shape index (κ1) is 15.0. The Kier molecular flexibility index (Phi) is 4.81. The van der Waals surface area contributed by atoms with Crippen molar-refractivity contribution in [2.75, 3.05) is 18.8 Å². The molecule has 4 nitrogen and oxygen atoms in total. The zero-order valence-corrected chi connectivity index (χ0v) is 12.7. The molecule has 0 unspecified atom stereocenters. The summed E-state index contributed by atoms with van der Waals surface area (Å²) < 4.78 is 23.7. The van der Waals surface area contributed by atoms with Crippen molar-refractivity contribution in [1.82, 2.24) is 4.90 Å². The number of amides is 1. The van der Waals surface area contributed by atoms with Crippen LogP contribution in [0.4, 0.5) is 0 Å². The molecule has 0 radical (unpaired) electrons. The molecule has 0 aromatic heterocycles. The number of hydrogen-bond donors (Lipinski definition) is 0. The van der Waals surface area contributed by atoms with E-state index in [9.17, 15) is 13.2 Å². The lowest BCUT2D eigenvalue weighted by atomic mass is 10.1. The van der Waals surface area contributed by atoms with E-state index in [-0.39, 0.29) is 18.1 Å². The van der Waals surface area contributed by atoms with Crippen molar-refractivity contribution in [1.29, 1.82) is 0 Å². The van der Waals surface area contributed by atoms with Gasteiger partial charge < -0.3 is 4.90 Å². The SMILES string of the molecule is CCS(=O)(=O)c1cccc(CC(=O)N2CCCCC2)c1. The third-order valence-corrected chi connectivity index (χ3v) is 5.43. The van der Waals surface area contributed by atoms with Crippen molar-refractivity contribution in [3.05, 3.63) is 29.8 Å². The van der Waals surface area contributed by atoms with Crippen molar-refractivity contribution >= 4 is 15.7 Å². The summed E-state index contributed by atoms with van der Waals surface area (Å²) in [5.74, 6) is 0.173. The maximum absolute atomic E-state index is 12.2. The number of sulfone groups is 1. The Labute approximate surface area is 120 Å². The van der Waals surface area contributed by atoms with Crippen molar-refractivity contribution in [3.63, 3.8) is 0 Å². The van der Waals surface area contributed by atoms with Crippen LogP contribution in [0, 0.1) is 0 Å². The van der Waals surface area contributed by atoms with Gasteiger partial charge in [-0.1, -0.05) is 19.1 Å². The number of piperidine rings is 1. The molecule has 1 aliphatic rings. The van der Waals surface area contributed by atoms with Gasteiger partial charge in [-0.15, -0.1) is 0 Å². The Morgan fingerprint density at radius 3 is 2.55 bits per heavy atom. The number of nitrogens with zero attached hydrogens (tertiary/aromatic N) is 1. The number of likely N-dealkylation sites (tertiary alicyclic amines) is 1. The fourth-order valence-corrected chi connectivity index (χ4v) is 3.40. The van der Waals surface area contributed by atoms with E-state index in [0.717, 1.165) is 31.5 Å². The summed E-state index contributed by atoms with van der Waals surface area (Å²) in [4.78, 5) is 14.4. The van der Waals surface area contributed by atoms with Gasteiger partial charge in [0.25, 0.3) is 0 Å². The number of carbonyl (C=O) groups excluding carboxylic acids is 1. The van der Waals surface area contributed by atoms with Crippen LogP contribution in [-0.2, 0) is 21.1 Å². The van der Waals surface area contributed by atoms with Crippen LogP contribution in [0.15, 0.2) is 29.2 Å². The summed E-state index contributed by atoms with van der Waals surface area (Å²) >= 11 is 0. The lowest BCUT2D eigenvalue weighted by Crippen LogP contribution is -2.36. The molecule has 0 bridgehead atoms. The predicted molar refractivity (Wildman–Crippen MR) is 78.3 cm³/mol. The molecule has 1 fully saturated rings. The Balaban J connectivity index is 2.10. The summed E-state index contributed by atoms with van der Waals surface area (Å²) in [5.41, 5.74) is 0.773. The zero-order valence-electron chi connectivity index (χ0n) is 11.8. The van der Waals surface area contributed by atoms with Crippen molar-refractivity contribution < 1.29 is 13.2 Å². The van der Waals surface area contributed by atoms with Gasteiger partial charge in [0.1, 0.15) is 0 Å². The summed E-state index contributed by atoms with van der Waals surface area (Å²) in [5, 5.41) is 0. The normalized spacial score (nSPS) is 16.1. The monoisotopic (exact) mass is 295 g/mol. The molecule has 0 saturated carbocycles. The standard InChI is InChI=1S/C15H21NO3S/c1-2-20(18,19)14-8-6-7-13(11-14)12-15(17)16-9-4-3-5-10-16/h6-8,11H,2-5,9-10,12H2,1H3. The minimum Gasteiger partial charge on any atom is -0.342 e. The molecule has 1 aliphatic heterocycles. The van der Waals surface area contributed by atoms with Crippen molar-refractivity contribution in [2.45, 2.75) is 37.5 Å². The third-order valence-electron chi connectivity index (χ3n) is 3.70. The van der Waals surface area contributed by atoms with E-state index in [1.54, 1.807) is 25.1 Å². The zero-order chi connectivity index (χ0) is 14.6. The smallest absolute Gasteiger partial charge is 0.226 e. The fraction of sp³-hybridized carbons (Fsp3) is 0.533. The van der Waals surface area contributed by atoms with Gasteiger partial charge in [0.15, 0.2) is 9.84 Å². The van der Waals surface area contributed by atoms with Gasteiger partial charge in [0.05, 0.1) is 17.1 Å². The van der Waals surface area contributed by atoms with Crippen molar-refractivity contribution in [2.24, 2.45) is 0 Å². The maximum atomic E-state index is 12.2. The van der Waals surface area contributed by atoms with Crippen LogP contribution >= 0.6 is 0 Å². The minimum atomic E-state index is -3.21. The Bertz CT molecular complexity index is 575. The van der Waals surface area contributed by atoms with E-state index >= 15 is 0 Å². The highest BCUT2D eigenvalue weighted by Crippen LogP contribution is 2.15. The maximum Gasteiger partial charge on any atom is 0.226 e. The van der Waals surface area contributed by atoms with Gasteiger partial charge in [0, 0.05) is 13.1 Å². The quantitative estimate of drug-likeness (QED) is 0.854. The third kappa shape index (κ3) is 3.60. The first-order valence-electron chi connectivity index (χ1n) is 7.12. The molecule has 5 heteroatoms. The molecule has 1 aromatic rings. The van der Waals surface area contributed by atoms with Crippen LogP contribution in [0.25, 0.3) is 0 Å². The number of carbonyl (C=O) groups is 1. The van der Waals surface area contributed by atoms with Crippen LogP contribution in [0.3, 0.4) is 0 Å². The first-order chi connectivity index (χ1) is 9.53. The first-order valence-corrected chi connectivity index (χ1v) is 8.77. The van der Waals surface area contributed by atoms with Crippen LogP contribution in [0.5, 0.6) is 0 Å². The van der Waals surface area contributed by atoms with Crippen LogP contribution < -0.4 is 0 Å². The second-order valence-corrected chi connectivity index (χ2v) is 7.45. The topological polar surface area (TPSA) is 54.5 Å². The largest absolute Gasteiger partial charge is 0.342 e. The van der Waals surface area contributed by atoms with Gasteiger partial charge in [0.2, 0.25) is 5.91 Å². The van der Waals surface area contributed by atoms with Crippen LogP contribution in [0.1, 0.15) is 31.7 Å². The second kappa shape index (κ2) is 6.39. The second-order valence-electron chi connectivity index (χ2n) is 5.17. The summed E-state index contributed by atoms with van der Waals surface area (Å²) in [6, 6.07) is 6.74. The highest BCUT2D eigenvalue weighted by Gasteiger charge is 2.18. The Morgan fingerprint density at radius 2 is 1.90 bits per heavy atom. The molecule has 1 saturated heterocycles. The molecule has 0 atom stereocenters. The average molecular weight is 295 g/mol. The van der Waals surface area contributed by atoms with Crippen LogP contribution in [-0.4, -0.2) is 38.1 Å². The van der Waals surface area contributed by atoms with Crippen molar-refractivity contribution in [3.8, 4) is 0 Å². The molecule has 110 valence electrons. The summed E-state index contributed by atoms with van der Waals surface area (Å²) in [6.45, 7) is 3.28. The van der Waals surface area contributed by atoms with Gasteiger partial charge in [-0.3, -0.25) is 4.79 Å². The average Bonchev–Trinajstić information content (AvgIpc) is 2.48.